The highest BCUT2D eigenvalue weighted by Gasteiger charge is 2.28. The van der Waals surface area contributed by atoms with Crippen LogP contribution in [0.3, 0.4) is 0 Å². The van der Waals surface area contributed by atoms with E-state index in [1.807, 2.05) is 14.0 Å². The Morgan fingerprint density at radius 1 is 1.28 bits per heavy atom. The van der Waals surface area contributed by atoms with Crippen molar-refractivity contribution in [2.75, 3.05) is 66.1 Å². The van der Waals surface area contributed by atoms with Crippen LogP contribution in [-0.4, -0.2) is 87.9 Å². The molecule has 1 atom stereocenters. The van der Waals surface area contributed by atoms with Crippen LogP contribution in [0.4, 0.5) is 0 Å². The summed E-state index contributed by atoms with van der Waals surface area (Å²) in [5.41, 5.74) is 0. The van der Waals surface area contributed by atoms with E-state index in [9.17, 15) is 4.79 Å². The number of hydrogen-bond acceptors (Lipinski definition) is 5. The number of aliphatic imine (C=N–C) groups is 1. The fourth-order valence-corrected chi connectivity index (χ4v) is 3.44. The Morgan fingerprint density at radius 3 is 2.80 bits per heavy atom. The first kappa shape index (κ1) is 20.0. The number of nitrogens with zero attached hydrogens (tertiary/aromatic N) is 3. The van der Waals surface area contributed by atoms with Crippen LogP contribution in [0.25, 0.3) is 0 Å². The van der Waals surface area contributed by atoms with E-state index >= 15 is 0 Å². The lowest BCUT2D eigenvalue weighted by molar-refractivity contribution is -0.149. The summed E-state index contributed by atoms with van der Waals surface area (Å²) in [6, 6.07) is 0. The molecule has 0 saturated carbocycles. The Morgan fingerprint density at radius 2 is 2.08 bits per heavy atom. The molecule has 25 heavy (non-hydrogen) atoms. The Balaban J connectivity index is 1.66. The number of carbonyl (C=O) groups is 1. The zero-order valence-corrected chi connectivity index (χ0v) is 15.8. The van der Waals surface area contributed by atoms with Crippen LogP contribution in [0.2, 0.25) is 0 Å². The number of rotatable bonds is 7. The number of ether oxygens (including phenoxy) is 2. The number of unbranched alkanes of at least 4 members (excludes halogenated alkanes) is 1. The molecular formula is C18H34N4O3. The average Bonchev–Trinajstić information content (AvgIpc) is 2.66. The molecule has 2 aliphatic rings. The van der Waals surface area contributed by atoms with Crippen molar-refractivity contribution in [3.63, 3.8) is 0 Å². The van der Waals surface area contributed by atoms with E-state index in [1.165, 1.54) is 6.42 Å². The van der Waals surface area contributed by atoms with Crippen LogP contribution < -0.4 is 5.32 Å². The van der Waals surface area contributed by atoms with E-state index < -0.39 is 0 Å². The standard InChI is InChI=1S/C18H34N4O3/c1-3-25-17(23)16-7-6-10-22(15-16)18(19-2)20-8-4-5-9-21-11-13-24-14-12-21/h16H,3-15H2,1-2H3,(H,19,20). The van der Waals surface area contributed by atoms with Gasteiger partial charge in [-0.3, -0.25) is 14.7 Å². The Labute approximate surface area is 151 Å². The summed E-state index contributed by atoms with van der Waals surface area (Å²) in [6.45, 7) is 9.84. The second-order valence-corrected chi connectivity index (χ2v) is 6.67. The lowest BCUT2D eigenvalue weighted by Crippen LogP contribution is -2.48. The molecule has 0 aromatic carbocycles. The van der Waals surface area contributed by atoms with E-state index in [0.29, 0.717) is 13.2 Å². The van der Waals surface area contributed by atoms with Crippen molar-refractivity contribution >= 4 is 11.9 Å². The fourth-order valence-electron chi connectivity index (χ4n) is 3.44. The summed E-state index contributed by atoms with van der Waals surface area (Å²) < 4.78 is 10.5. The predicted molar refractivity (Wildman–Crippen MR) is 98.8 cm³/mol. The Kier molecular flexibility index (Phi) is 9.04. The normalized spacial score (nSPS) is 22.7. The highest BCUT2D eigenvalue weighted by Crippen LogP contribution is 2.18. The summed E-state index contributed by atoms with van der Waals surface area (Å²) in [5.74, 6) is 0.794. The molecule has 0 aromatic heterocycles. The van der Waals surface area contributed by atoms with Crippen molar-refractivity contribution in [1.82, 2.24) is 15.1 Å². The van der Waals surface area contributed by atoms with Gasteiger partial charge in [-0.05, 0) is 39.2 Å². The van der Waals surface area contributed by atoms with Crippen LogP contribution >= 0.6 is 0 Å². The third kappa shape index (κ3) is 6.82. The first-order chi connectivity index (χ1) is 12.2. The minimum Gasteiger partial charge on any atom is -0.466 e. The zero-order chi connectivity index (χ0) is 17.9. The van der Waals surface area contributed by atoms with Crippen LogP contribution in [0.15, 0.2) is 4.99 Å². The molecule has 144 valence electrons. The molecule has 1 N–H and O–H groups in total. The van der Waals surface area contributed by atoms with Crippen molar-refractivity contribution in [3.05, 3.63) is 0 Å². The highest BCUT2D eigenvalue weighted by molar-refractivity contribution is 5.81. The van der Waals surface area contributed by atoms with Gasteiger partial charge in [0.2, 0.25) is 0 Å². The topological polar surface area (TPSA) is 66.4 Å². The third-order valence-electron chi connectivity index (χ3n) is 4.84. The molecule has 0 radical (unpaired) electrons. The van der Waals surface area contributed by atoms with Crippen LogP contribution in [0.1, 0.15) is 32.6 Å². The number of hydrogen-bond donors (Lipinski definition) is 1. The second-order valence-electron chi connectivity index (χ2n) is 6.67. The first-order valence-corrected chi connectivity index (χ1v) is 9.67. The van der Waals surface area contributed by atoms with Crippen molar-refractivity contribution in [2.45, 2.75) is 32.6 Å². The van der Waals surface area contributed by atoms with Gasteiger partial charge in [-0.2, -0.15) is 0 Å². The molecule has 2 aliphatic heterocycles. The van der Waals surface area contributed by atoms with E-state index in [1.54, 1.807) is 0 Å². The van der Waals surface area contributed by atoms with Gasteiger partial charge in [-0.15, -0.1) is 0 Å². The fraction of sp³-hybridized carbons (Fsp3) is 0.889. The van der Waals surface area contributed by atoms with Crippen molar-refractivity contribution in [1.29, 1.82) is 0 Å². The molecule has 1 unspecified atom stereocenters. The molecule has 2 fully saturated rings. The third-order valence-corrected chi connectivity index (χ3v) is 4.84. The molecular weight excluding hydrogens is 320 g/mol. The highest BCUT2D eigenvalue weighted by atomic mass is 16.5. The van der Waals surface area contributed by atoms with Crippen molar-refractivity contribution in [3.8, 4) is 0 Å². The van der Waals surface area contributed by atoms with Gasteiger partial charge in [0.25, 0.3) is 0 Å². The number of piperidine rings is 1. The van der Waals surface area contributed by atoms with Gasteiger partial charge in [-0.25, -0.2) is 0 Å². The molecule has 0 spiro atoms. The number of carbonyl (C=O) groups excluding carboxylic acids is 1. The summed E-state index contributed by atoms with van der Waals surface area (Å²) in [5, 5.41) is 3.45. The molecule has 0 aromatic rings. The summed E-state index contributed by atoms with van der Waals surface area (Å²) in [6.07, 6.45) is 4.20. The average molecular weight is 354 g/mol. The number of nitrogens with one attached hydrogen (secondary N) is 1. The Hall–Kier alpha value is -1.34. The summed E-state index contributed by atoms with van der Waals surface area (Å²) >= 11 is 0. The van der Waals surface area contributed by atoms with Crippen molar-refractivity contribution < 1.29 is 14.3 Å². The molecule has 7 heteroatoms. The van der Waals surface area contributed by atoms with E-state index in [0.717, 1.165) is 71.2 Å². The largest absolute Gasteiger partial charge is 0.466 e. The number of guanidine groups is 1. The maximum atomic E-state index is 12.0. The van der Waals surface area contributed by atoms with E-state index in [4.69, 9.17) is 9.47 Å². The molecule has 0 aliphatic carbocycles. The summed E-state index contributed by atoms with van der Waals surface area (Å²) in [4.78, 5) is 21.0. The van der Waals surface area contributed by atoms with Crippen molar-refractivity contribution in [2.24, 2.45) is 10.9 Å². The maximum Gasteiger partial charge on any atom is 0.310 e. The van der Waals surface area contributed by atoms with Crippen LogP contribution in [-0.2, 0) is 14.3 Å². The van der Waals surface area contributed by atoms with Gasteiger partial charge in [0, 0.05) is 39.8 Å². The van der Waals surface area contributed by atoms with Gasteiger partial charge >= 0.3 is 5.97 Å². The lowest BCUT2D eigenvalue weighted by Gasteiger charge is -2.34. The number of morpholine rings is 1. The van der Waals surface area contributed by atoms with Gasteiger partial charge in [0.15, 0.2) is 5.96 Å². The molecule has 7 nitrogen and oxygen atoms in total. The monoisotopic (exact) mass is 354 g/mol. The van der Waals surface area contributed by atoms with E-state index in [2.05, 4.69) is 20.1 Å². The van der Waals surface area contributed by atoms with Crippen LogP contribution in [0, 0.1) is 5.92 Å². The number of likely N-dealkylation sites (tertiary alicyclic amines) is 1. The maximum absolute atomic E-state index is 12.0. The molecule has 2 rings (SSSR count). The van der Waals surface area contributed by atoms with Gasteiger partial charge in [0.1, 0.15) is 0 Å². The van der Waals surface area contributed by atoms with Gasteiger partial charge in [0.05, 0.1) is 25.7 Å². The molecule has 2 heterocycles. The smallest absolute Gasteiger partial charge is 0.310 e. The molecule has 0 amide bonds. The minimum absolute atomic E-state index is 0.0337. The molecule has 0 bridgehead atoms. The first-order valence-electron chi connectivity index (χ1n) is 9.67. The lowest BCUT2D eigenvalue weighted by atomic mass is 9.98. The number of esters is 1. The quantitative estimate of drug-likeness (QED) is 0.318. The molecule has 2 saturated heterocycles. The minimum atomic E-state index is -0.0758. The predicted octanol–water partition coefficient (Wildman–Crippen LogP) is 0.949. The van der Waals surface area contributed by atoms with Gasteiger partial charge in [-0.1, -0.05) is 0 Å². The Bertz CT molecular complexity index is 425. The van der Waals surface area contributed by atoms with Crippen LogP contribution in [0.5, 0.6) is 0 Å². The van der Waals surface area contributed by atoms with E-state index in [-0.39, 0.29) is 11.9 Å². The second kappa shape index (κ2) is 11.3. The van der Waals surface area contributed by atoms with Gasteiger partial charge < -0.3 is 19.7 Å². The SMILES string of the molecule is CCOC(=O)C1CCCN(C(=NC)NCCCCN2CCOCC2)C1. The summed E-state index contributed by atoms with van der Waals surface area (Å²) in [7, 11) is 1.81. The zero-order valence-electron chi connectivity index (χ0n) is 15.8.